The molecule has 0 aliphatic carbocycles. The van der Waals surface area contributed by atoms with Crippen molar-refractivity contribution in [1.82, 2.24) is 14.5 Å². The minimum absolute atomic E-state index is 0.568. The van der Waals surface area contributed by atoms with Crippen molar-refractivity contribution in [3.05, 3.63) is 48.0 Å². The van der Waals surface area contributed by atoms with Crippen LogP contribution < -0.4 is 5.73 Å². The van der Waals surface area contributed by atoms with E-state index in [9.17, 15) is 0 Å². The predicted octanol–water partition coefficient (Wildman–Crippen LogP) is 2.44. The summed E-state index contributed by atoms with van der Waals surface area (Å²) in [7, 11) is 2.06. The molecule has 0 unspecified atom stereocenters. The van der Waals surface area contributed by atoms with Crippen LogP contribution in [0.25, 0.3) is 22.2 Å². The number of benzene rings is 1. The van der Waals surface area contributed by atoms with Gasteiger partial charge in [0, 0.05) is 41.8 Å². The first-order chi connectivity index (χ1) is 9.69. The minimum Gasteiger partial charge on any atom is -0.350 e. The molecule has 0 spiro atoms. The number of nitrogens with two attached hydrogens (primary N) is 1. The lowest BCUT2D eigenvalue weighted by molar-refractivity contribution is 0.858. The average molecular weight is 266 g/mol. The number of aryl methyl sites for hydroxylation is 2. The number of aromatic nitrogens is 3. The fraction of sp³-hybridized carbons (Fsp3) is 0.250. The van der Waals surface area contributed by atoms with Crippen molar-refractivity contribution < 1.29 is 0 Å². The van der Waals surface area contributed by atoms with Crippen LogP contribution in [0.1, 0.15) is 11.5 Å². The quantitative estimate of drug-likeness (QED) is 0.792. The molecule has 0 amide bonds. The van der Waals surface area contributed by atoms with Gasteiger partial charge in [-0.3, -0.25) is 0 Å². The molecule has 2 aromatic heterocycles. The maximum Gasteiger partial charge on any atom is 0.130 e. The molecular weight excluding hydrogens is 248 g/mol. The van der Waals surface area contributed by atoms with E-state index in [2.05, 4.69) is 52.0 Å². The molecule has 4 nitrogen and oxygen atoms in total. The molecule has 20 heavy (non-hydrogen) atoms. The number of nitrogens with zero attached hydrogens (tertiary/aromatic N) is 3. The summed E-state index contributed by atoms with van der Waals surface area (Å²) in [5.41, 5.74) is 9.91. The van der Waals surface area contributed by atoms with Gasteiger partial charge in [-0.1, -0.05) is 18.2 Å². The summed E-state index contributed by atoms with van der Waals surface area (Å²) in [5.74, 6) is 0.815. The summed E-state index contributed by atoms with van der Waals surface area (Å²) in [6, 6.07) is 10.4. The van der Waals surface area contributed by atoms with Gasteiger partial charge in [-0.05, 0) is 25.6 Å². The van der Waals surface area contributed by atoms with E-state index in [-0.39, 0.29) is 0 Å². The minimum atomic E-state index is 0.568. The molecule has 0 radical (unpaired) electrons. The lowest BCUT2D eigenvalue weighted by Gasteiger charge is -2.04. The smallest absolute Gasteiger partial charge is 0.130 e. The molecule has 0 fully saturated rings. The molecule has 1 aromatic carbocycles. The van der Waals surface area contributed by atoms with Crippen molar-refractivity contribution in [2.45, 2.75) is 13.3 Å². The van der Waals surface area contributed by atoms with Gasteiger partial charge in [0.25, 0.3) is 0 Å². The van der Waals surface area contributed by atoms with Gasteiger partial charge in [0.2, 0.25) is 0 Å². The molecule has 2 heterocycles. The van der Waals surface area contributed by atoms with Gasteiger partial charge in [-0.2, -0.15) is 0 Å². The van der Waals surface area contributed by atoms with Crippen LogP contribution in [0.2, 0.25) is 0 Å². The Morgan fingerprint density at radius 1 is 1.20 bits per heavy atom. The monoisotopic (exact) mass is 266 g/mol. The van der Waals surface area contributed by atoms with E-state index < -0.39 is 0 Å². The third-order valence-corrected chi connectivity index (χ3v) is 3.44. The van der Waals surface area contributed by atoms with Crippen LogP contribution in [0.3, 0.4) is 0 Å². The molecular formula is C16H18N4. The van der Waals surface area contributed by atoms with Gasteiger partial charge in [0.15, 0.2) is 0 Å². The van der Waals surface area contributed by atoms with Crippen molar-refractivity contribution in [2.75, 3.05) is 6.54 Å². The Morgan fingerprint density at radius 2 is 2.00 bits per heavy atom. The Morgan fingerprint density at radius 3 is 2.80 bits per heavy atom. The lowest BCUT2D eigenvalue weighted by Crippen LogP contribution is -2.07. The molecule has 4 heteroatoms. The van der Waals surface area contributed by atoms with Gasteiger partial charge in [-0.25, -0.2) is 9.97 Å². The number of para-hydroxylation sites is 1. The molecule has 0 atom stereocenters. The highest BCUT2D eigenvalue weighted by molar-refractivity contribution is 5.95. The van der Waals surface area contributed by atoms with Gasteiger partial charge < -0.3 is 10.3 Å². The van der Waals surface area contributed by atoms with Crippen molar-refractivity contribution in [3.63, 3.8) is 0 Å². The largest absolute Gasteiger partial charge is 0.350 e. The summed E-state index contributed by atoms with van der Waals surface area (Å²) in [4.78, 5) is 9.09. The van der Waals surface area contributed by atoms with E-state index in [0.29, 0.717) is 13.0 Å². The van der Waals surface area contributed by atoms with Gasteiger partial charge in [0.05, 0.1) is 5.69 Å². The van der Waals surface area contributed by atoms with E-state index in [0.717, 1.165) is 22.8 Å². The number of fused-ring (bicyclic) bond motifs is 1. The standard InChI is InChI=1S/C16H18N4/c1-11-9-14(19-16(18-11)7-8-17)13-10-20(2)15-6-4-3-5-12(13)15/h3-6,9-10H,7-8,17H2,1-2H3. The second kappa shape index (κ2) is 5.06. The topological polar surface area (TPSA) is 56.7 Å². The van der Waals surface area contributed by atoms with Gasteiger partial charge >= 0.3 is 0 Å². The van der Waals surface area contributed by atoms with Crippen LogP contribution in [0.4, 0.5) is 0 Å². The van der Waals surface area contributed by atoms with Crippen LogP contribution in [0.5, 0.6) is 0 Å². The number of hydrogen-bond donors (Lipinski definition) is 1. The Bertz CT molecular complexity index is 758. The Kier molecular flexibility index (Phi) is 3.24. The highest BCUT2D eigenvalue weighted by Crippen LogP contribution is 2.29. The highest BCUT2D eigenvalue weighted by Gasteiger charge is 2.11. The molecule has 3 aromatic rings. The van der Waals surface area contributed by atoms with E-state index in [1.807, 2.05) is 13.0 Å². The summed E-state index contributed by atoms with van der Waals surface area (Å²) < 4.78 is 2.13. The molecule has 0 saturated heterocycles. The van der Waals surface area contributed by atoms with Crippen LogP contribution in [-0.4, -0.2) is 21.1 Å². The first kappa shape index (κ1) is 12.8. The van der Waals surface area contributed by atoms with Crippen molar-refractivity contribution >= 4 is 10.9 Å². The summed E-state index contributed by atoms with van der Waals surface area (Å²) in [6.45, 7) is 2.56. The highest BCUT2D eigenvalue weighted by atomic mass is 14.9. The van der Waals surface area contributed by atoms with Crippen LogP contribution >= 0.6 is 0 Å². The van der Waals surface area contributed by atoms with Crippen LogP contribution in [0.15, 0.2) is 36.5 Å². The van der Waals surface area contributed by atoms with Gasteiger partial charge in [0.1, 0.15) is 5.82 Å². The zero-order valence-electron chi connectivity index (χ0n) is 11.8. The average Bonchev–Trinajstić information content (AvgIpc) is 2.77. The normalized spacial score (nSPS) is 11.2. The number of hydrogen-bond acceptors (Lipinski definition) is 3. The second-order valence-corrected chi connectivity index (χ2v) is 5.02. The molecule has 0 bridgehead atoms. The lowest BCUT2D eigenvalue weighted by atomic mass is 10.1. The summed E-state index contributed by atoms with van der Waals surface area (Å²) >= 11 is 0. The SMILES string of the molecule is Cc1cc(-c2cn(C)c3ccccc23)nc(CCN)n1. The first-order valence-electron chi connectivity index (χ1n) is 6.78. The molecule has 3 rings (SSSR count). The molecule has 2 N–H and O–H groups in total. The predicted molar refractivity (Wildman–Crippen MR) is 81.4 cm³/mol. The van der Waals surface area contributed by atoms with Crippen LogP contribution in [0, 0.1) is 6.92 Å². The van der Waals surface area contributed by atoms with Crippen molar-refractivity contribution in [1.29, 1.82) is 0 Å². The fourth-order valence-corrected chi connectivity index (χ4v) is 2.55. The Hall–Kier alpha value is -2.20. The molecule has 0 aliphatic heterocycles. The maximum atomic E-state index is 5.61. The number of rotatable bonds is 3. The maximum absolute atomic E-state index is 5.61. The third-order valence-electron chi connectivity index (χ3n) is 3.44. The zero-order valence-corrected chi connectivity index (χ0v) is 11.8. The zero-order chi connectivity index (χ0) is 14.1. The third kappa shape index (κ3) is 2.18. The summed E-state index contributed by atoms with van der Waals surface area (Å²) in [5, 5.41) is 1.21. The van der Waals surface area contributed by atoms with Crippen molar-refractivity contribution in [2.24, 2.45) is 12.8 Å². The first-order valence-corrected chi connectivity index (χ1v) is 6.78. The molecule has 102 valence electrons. The molecule has 0 saturated carbocycles. The fourth-order valence-electron chi connectivity index (χ4n) is 2.55. The molecule has 0 aliphatic rings. The Labute approximate surface area is 118 Å². The Balaban J connectivity index is 2.20. The van der Waals surface area contributed by atoms with E-state index in [1.54, 1.807) is 0 Å². The van der Waals surface area contributed by atoms with Crippen LogP contribution in [-0.2, 0) is 13.5 Å². The van der Waals surface area contributed by atoms with E-state index in [1.165, 1.54) is 10.9 Å². The van der Waals surface area contributed by atoms with E-state index in [4.69, 9.17) is 5.73 Å². The second-order valence-electron chi connectivity index (χ2n) is 5.02. The van der Waals surface area contributed by atoms with Crippen molar-refractivity contribution in [3.8, 4) is 11.3 Å². The summed E-state index contributed by atoms with van der Waals surface area (Å²) in [6.07, 6.45) is 2.83. The van der Waals surface area contributed by atoms with E-state index >= 15 is 0 Å². The van der Waals surface area contributed by atoms with Gasteiger partial charge in [-0.15, -0.1) is 0 Å².